The van der Waals surface area contributed by atoms with Crippen molar-refractivity contribution in [1.82, 2.24) is 4.90 Å². The van der Waals surface area contributed by atoms with Gasteiger partial charge in [0.15, 0.2) is 0 Å². The van der Waals surface area contributed by atoms with Crippen molar-refractivity contribution in [2.45, 2.75) is 25.0 Å². The molecule has 0 bridgehead atoms. The third kappa shape index (κ3) is 4.17. The summed E-state index contributed by atoms with van der Waals surface area (Å²) in [6.45, 7) is 0.378. The highest BCUT2D eigenvalue weighted by molar-refractivity contribution is 5.41. The van der Waals surface area contributed by atoms with Crippen LogP contribution in [0, 0.1) is 11.6 Å². The first-order valence-electron chi connectivity index (χ1n) is 7.89. The van der Waals surface area contributed by atoms with Crippen molar-refractivity contribution >= 4 is 0 Å². The number of hydrogen-bond donors (Lipinski definition) is 2. The minimum Gasteiger partial charge on any atom is -0.392 e. The molecular weight excluding hydrogens is 312 g/mol. The van der Waals surface area contributed by atoms with Crippen LogP contribution < -0.4 is 0 Å². The Balaban J connectivity index is 2.47. The second kappa shape index (κ2) is 7.83. The van der Waals surface area contributed by atoms with Gasteiger partial charge in [0.2, 0.25) is 0 Å². The molecule has 0 amide bonds. The number of rotatable bonds is 7. The number of aliphatic hydroxyl groups excluding tert-OH is 1. The summed E-state index contributed by atoms with van der Waals surface area (Å²) >= 11 is 0. The first kappa shape index (κ1) is 18.5. The van der Waals surface area contributed by atoms with Gasteiger partial charge in [-0.1, -0.05) is 18.2 Å². The molecule has 2 aromatic rings. The summed E-state index contributed by atoms with van der Waals surface area (Å²) in [6, 6.07) is 9.58. The van der Waals surface area contributed by atoms with Crippen LogP contribution in [0.4, 0.5) is 8.78 Å². The molecule has 2 rings (SSSR count). The number of benzene rings is 2. The number of aliphatic hydroxyl groups is 2. The molecule has 2 N–H and O–H groups in total. The molecule has 1 atom stereocenters. The molecule has 0 aliphatic carbocycles. The van der Waals surface area contributed by atoms with E-state index in [1.165, 1.54) is 42.5 Å². The summed E-state index contributed by atoms with van der Waals surface area (Å²) < 4.78 is 26.7. The third-order valence-electron chi connectivity index (χ3n) is 4.15. The van der Waals surface area contributed by atoms with E-state index in [1.807, 2.05) is 19.0 Å². The average Bonchev–Trinajstić information content (AvgIpc) is 2.54. The quantitative estimate of drug-likeness (QED) is 0.817. The molecule has 0 aromatic heterocycles. The van der Waals surface area contributed by atoms with Gasteiger partial charge in [-0.25, -0.2) is 8.78 Å². The number of nitrogens with zero attached hydrogens (tertiary/aromatic N) is 1. The number of hydrogen-bond acceptors (Lipinski definition) is 3. The average molecular weight is 335 g/mol. The van der Waals surface area contributed by atoms with Crippen LogP contribution in [0.15, 0.2) is 42.5 Å². The maximum Gasteiger partial charge on any atom is 0.123 e. The monoisotopic (exact) mass is 335 g/mol. The lowest BCUT2D eigenvalue weighted by molar-refractivity contribution is 0.0640. The van der Waals surface area contributed by atoms with Gasteiger partial charge in [-0.15, -0.1) is 0 Å². The van der Waals surface area contributed by atoms with Gasteiger partial charge in [-0.3, -0.25) is 0 Å². The van der Waals surface area contributed by atoms with E-state index in [2.05, 4.69) is 0 Å². The van der Waals surface area contributed by atoms with Crippen LogP contribution in [-0.2, 0) is 12.2 Å². The summed E-state index contributed by atoms with van der Waals surface area (Å²) in [5.74, 6) is -0.867. The van der Waals surface area contributed by atoms with Crippen LogP contribution in [0.25, 0.3) is 0 Å². The maximum absolute atomic E-state index is 13.5. The molecule has 24 heavy (non-hydrogen) atoms. The van der Waals surface area contributed by atoms with Crippen LogP contribution in [0.3, 0.4) is 0 Å². The fourth-order valence-electron chi connectivity index (χ4n) is 2.91. The molecule has 0 radical (unpaired) electrons. The molecule has 1 unspecified atom stereocenters. The zero-order chi connectivity index (χ0) is 17.7. The van der Waals surface area contributed by atoms with E-state index in [9.17, 15) is 19.0 Å². The normalized spacial score (nSPS) is 14.0. The lowest BCUT2D eigenvalue weighted by Gasteiger charge is -2.32. The Kier molecular flexibility index (Phi) is 6.04. The van der Waals surface area contributed by atoms with Gasteiger partial charge in [-0.05, 0) is 74.4 Å². The fourth-order valence-corrected chi connectivity index (χ4v) is 2.91. The van der Waals surface area contributed by atoms with Crippen LogP contribution in [0.5, 0.6) is 0 Å². The summed E-state index contributed by atoms with van der Waals surface area (Å²) in [6.07, 6.45) is 1.05. The zero-order valence-corrected chi connectivity index (χ0v) is 14.0. The Morgan fingerprint density at radius 2 is 1.62 bits per heavy atom. The van der Waals surface area contributed by atoms with E-state index in [0.717, 1.165) is 6.54 Å². The topological polar surface area (TPSA) is 43.7 Å². The Morgan fingerprint density at radius 3 is 2.21 bits per heavy atom. The second-order valence-electron chi connectivity index (χ2n) is 6.23. The molecule has 2 aromatic carbocycles. The predicted molar refractivity (Wildman–Crippen MR) is 89.5 cm³/mol. The van der Waals surface area contributed by atoms with Crippen molar-refractivity contribution in [3.8, 4) is 0 Å². The smallest absolute Gasteiger partial charge is 0.123 e. The van der Waals surface area contributed by atoms with Crippen LogP contribution in [0.1, 0.15) is 29.5 Å². The van der Waals surface area contributed by atoms with E-state index in [-0.39, 0.29) is 6.61 Å². The Morgan fingerprint density at radius 1 is 1.00 bits per heavy atom. The highest BCUT2D eigenvalue weighted by Gasteiger charge is 2.33. The van der Waals surface area contributed by atoms with Crippen molar-refractivity contribution in [3.63, 3.8) is 0 Å². The van der Waals surface area contributed by atoms with Crippen molar-refractivity contribution in [1.29, 1.82) is 0 Å². The predicted octanol–water partition coefficient (Wildman–Crippen LogP) is 3.03. The van der Waals surface area contributed by atoms with Gasteiger partial charge in [-0.2, -0.15) is 0 Å². The van der Waals surface area contributed by atoms with Gasteiger partial charge in [0, 0.05) is 0 Å². The summed E-state index contributed by atoms with van der Waals surface area (Å²) in [5, 5.41) is 21.0. The SMILES string of the molecule is CN(C)CCCC(O)(c1ccc(F)cc1)c1ccc(F)cc1CO. The molecule has 0 saturated carbocycles. The first-order chi connectivity index (χ1) is 11.4. The van der Waals surface area contributed by atoms with E-state index < -0.39 is 17.2 Å². The Labute approximate surface area is 141 Å². The molecular formula is C19H23F2NO2. The van der Waals surface area contributed by atoms with Crippen molar-refractivity contribution in [3.05, 3.63) is 70.8 Å². The van der Waals surface area contributed by atoms with Crippen LogP contribution in [0.2, 0.25) is 0 Å². The van der Waals surface area contributed by atoms with Crippen LogP contribution in [-0.4, -0.2) is 35.8 Å². The van der Waals surface area contributed by atoms with E-state index in [0.29, 0.717) is 29.5 Å². The standard InChI is InChI=1S/C19H23F2NO2/c1-22(2)11-3-10-19(24,15-4-6-16(20)7-5-15)18-9-8-17(21)12-14(18)13-23/h4-9,12,23-24H,3,10-11,13H2,1-2H3. The molecule has 0 heterocycles. The molecule has 0 saturated heterocycles. The van der Waals surface area contributed by atoms with Gasteiger partial charge in [0.05, 0.1) is 6.61 Å². The zero-order valence-electron chi connectivity index (χ0n) is 14.0. The molecule has 3 nitrogen and oxygen atoms in total. The Bertz CT molecular complexity index is 674. The highest BCUT2D eigenvalue weighted by Crippen LogP contribution is 2.36. The van der Waals surface area contributed by atoms with Gasteiger partial charge in [0.1, 0.15) is 17.2 Å². The summed E-state index contributed by atoms with van der Waals surface area (Å²) in [7, 11) is 3.88. The van der Waals surface area contributed by atoms with E-state index in [1.54, 1.807) is 0 Å². The molecule has 130 valence electrons. The van der Waals surface area contributed by atoms with Crippen molar-refractivity contribution < 1.29 is 19.0 Å². The number of halogens is 2. The second-order valence-corrected chi connectivity index (χ2v) is 6.23. The van der Waals surface area contributed by atoms with Gasteiger partial charge in [0.25, 0.3) is 0 Å². The Hall–Kier alpha value is -1.82. The van der Waals surface area contributed by atoms with Crippen molar-refractivity contribution in [2.75, 3.05) is 20.6 Å². The maximum atomic E-state index is 13.5. The molecule has 0 aliphatic heterocycles. The van der Waals surface area contributed by atoms with Gasteiger partial charge < -0.3 is 15.1 Å². The van der Waals surface area contributed by atoms with Crippen molar-refractivity contribution in [2.24, 2.45) is 0 Å². The summed E-state index contributed by atoms with van der Waals surface area (Å²) in [5.41, 5.74) is -0.137. The van der Waals surface area contributed by atoms with Crippen LogP contribution >= 0.6 is 0 Å². The van der Waals surface area contributed by atoms with Gasteiger partial charge >= 0.3 is 0 Å². The minimum absolute atomic E-state index is 0.326. The largest absolute Gasteiger partial charge is 0.392 e. The lowest BCUT2D eigenvalue weighted by Crippen LogP contribution is -2.30. The third-order valence-corrected chi connectivity index (χ3v) is 4.15. The molecule has 0 spiro atoms. The lowest BCUT2D eigenvalue weighted by atomic mass is 9.80. The first-order valence-corrected chi connectivity index (χ1v) is 7.89. The molecule has 5 heteroatoms. The molecule has 0 aliphatic rings. The van der Waals surface area contributed by atoms with E-state index in [4.69, 9.17) is 0 Å². The summed E-state index contributed by atoms with van der Waals surface area (Å²) in [4.78, 5) is 2.00. The highest BCUT2D eigenvalue weighted by atomic mass is 19.1. The minimum atomic E-state index is -1.42. The fraction of sp³-hybridized carbons (Fsp3) is 0.368. The van der Waals surface area contributed by atoms with E-state index >= 15 is 0 Å². The molecule has 0 fully saturated rings.